The van der Waals surface area contributed by atoms with Crippen LogP contribution >= 0.6 is 0 Å². The number of rotatable bonds is 5. The molecular weight excluding hydrogens is 778 g/mol. The van der Waals surface area contributed by atoms with Crippen LogP contribution in [0.4, 0.5) is 13.2 Å². The van der Waals surface area contributed by atoms with Crippen molar-refractivity contribution in [2.75, 3.05) is 0 Å². The Morgan fingerprint density at radius 1 is 0.371 bits per heavy atom. The van der Waals surface area contributed by atoms with Crippen LogP contribution in [0.3, 0.4) is 0 Å². The lowest BCUT2D eigenvalue weighted by atomic mass is 9.95. The van der Waals surface area contributed by atoms with Crippen LogP contribution in [0.5, 0.6) is 0 Å². The van der Waals surface area contributed by atoms with Crippen molar-refractivity contribution < 1.29 is 13.2 Å². The molecule has 0 saturated heterocycles. The number of hydrogen-bond acceptors (Lipinski definition) is 4. The van der Waals surface area contributed by atoms with Gasteiger partial charge >= 0.3 is 6.18 Å². The molecule has 0 radical (unpaired) electrons. The molecule has 9 heteroatoms. The first-order chi connectivity index (χ1) is 30.2. The molecule has 290 valence electrons. The molecule has 0 atom stereocenters. The highest BCUT2D eigenvalue weighted by atomic mass is 19.4. The maximum atomic E-state index is 14.6. The maximum absolute atomic E-state index is 14.6. The van der Waals surface area contributed by atoms with E-state index >= 15 is 0 Å². The first-order valence-electron chi connectivity index (χ1n) is 19.5. The first-order valence-corrected chi connectivity index (χ1v) is 19.5. The van der Waals surface area contributed by atoms with Crippen molar-refractivity contribution in [3.8, 4) is 69.0 Å². The molecule has 0 amide bonds. The predicted molar refractivity (Wildman–Crippen MR) is 235 cm³/mol. The number of nitriles is 4. The van der Waals surface area contributed by atoms with E-state index in [0.29, 0.717) is 28.1 Å². The molecule has 0 fully saturated rings. The molecular formula is C53H27F3N6. The van der Waals surface area contributed by atoms with Crippen molar-refractivity contribution in [3.63, 3.8) is 0 Å². The molecule has 62 heavy (non-hydrogen) atoms. The second-order valence-electron chi connectivity index (χ2n) is 15.0. The Bertz CT molecular complexity index is 3690. The van der Waals surface area contributed by atoms with Gasteiger partial charge in [-0.1, -0.05) is 72.8 Å². The van der Waals surface area contributed by atoms with Crippen molar-refractivity contribution in [3.05, 3.63) is 192 Å². The SMILES string of the molecule is N#Cc1cccc(-c2ccc3c(c2)c2ccccc2n3-c2cc(-c3cc(C#N)cc(C(F)(F)F)c3)c(-n3c4ccccc4c4cc(-c5cccc(C#N)c5)ccc43)cc2C#N)c1. The zero-order valence-electron chi connectivity index (χ0n) is 32.4. The second-order valence-corrected chi connectivity index (χ2v) is 15.0. The Morgan fingerprint density at radius 2 is 0.855 bits per heavy atom. The maximum Gasteiger partial charge on any atom is 0.416 e. The minimum absolute atomic E-state index is 0.147. The summed E-state index contributed by atoms with van der Waals surface area (Å²) in [5.74, 6) is 0. The third-order valence-corrected chi connectivity index (χ3v) is 11.4. The van der Waals surface area contributed by atoms with E-state index in [9.17, 15) is 34.2 Å². The average Bonchev–Trinajstić information content (AvgIpc) is 3.82. The van der Waals surface area contributed by atoms with Crippen LogP contribution in [0.2, 0.25) is 0 Å². The molecule has 0 spiro atoms. The highest BCUT2D eigenvalue weighted by molar-refractivity contribution is 6.12. The van der Waals surface area contributed by atoms with Crippen LogP contribution in [0.25, 0.3) is 88.4 Å². The Hall–Kier alpha value is -8.89. The second kappa shape index (κ2) is 14.4. The number of benzene rings is 8. The summed E-state index contributed by atoms with van der Waals surface area (Å²) >= 11 is 0. The van der Waals surface area contributed by atoms with Crippen molar-refractivity contribution in [1.29, 1.82) is 21.0 Å². The van der Waals surface area contributed by atoms with Gasteiger partial charge in [0.2, 0.25) is 0 Å². The topological polar surface area (TPSA) is 105 Å². The summed E-state index contributed by atoms with van der Waals surface area (Å²) in [6.07, 6.45) is -4.75. The highest BCUT2D eigenvalue weighted by Crippen LogP contribution is 2.43. The molecule has 0 saturated carbocycles. The molecule has 6 nitrogen and oxygen atoms in total. The summed E-state index contributed by atoms with van der Waals surface area (Å²) in [4.78, 5) is 0. The smallest absolute Gasteiger partial charge is 0.309 e. The fourth-order valence-electron chi connectivity index (χ4n) is 8.64. The van der Waals surface area contributed by atoms with Crippen LogP contribution in [-0.4, -0.2) is 9.13 Å². The highest BCUT2D eigenvalue weighted by Gasteiger charge is 2.32. The van der Waals surface area contributed by atoms with E-state index in [-0.39, 0.29) is 16.7 Å². The van der Waals surface area contributed by atoms with E-state index in [1.807, 2.05) is 137 Å². The van der Waals surface area contributed by atoms with Crippen molar-refractivity contribution in [2.24, 2.45) is 0 Å². The quantitative estimate of drug-likeness (QED) is 0.173. The van der Waals surface area contributed by atoms with Crippen LogP contribution < -0.4 is 0 Å². The van der Waals surface area contributed by atoms with Crippen LogP contribution in [0.1, 0.15) is 27.8 Å². The molecule has 0 bridgehead atoms. The lowest BCUT2D eigenvalue weighted by molar-refractivity contribution is -0.137. The molecule has 0 unspecified atom stereocenters. The normalized spacial score (nSPS) is 11.4. The molecule has 10 rings (SSSR count). The van der Waals surface area contributed by atoms with Crippen molar-refractivity contribution in [1.82, 2.24) is 9.13 Å². The van der Waals surface area contributed by atoms with Gasteiger partial charge in [0.05, 0.1) is 79.5 Å². The van der Waals surface area contributed by atoms with E-state index < -0.39 is 11.7 Å². The first kappa shape index (κ1) is 37.4. The summed E-state index contributed by atoms with van der Waals surface area (Å²) in [7, 11) is 0. The Labute approximate surface area is 352 Å². The number of fused-ring (bicyclic) bond motifs is 6. The molecule has 2 heterocycles. The van der Waals surface area contributed by atoms with E-state index in [2.05, 4.69) is 18.2 Å². The zero-order chi connectivity index (χ0) is 42.7. The van der Waals surface area contributed by atoms with Crippen LogP contribution in [0.15, 0.2) is 164 Å². The molecule has 0 N–H and O–H groups in total. The number of aromatic nitrogens is 2. The van der Waals surface area contributed by atoms with Crippen molar-refractivity contribution in [2.45, 2.75) is 6.18 Å². The fourth-order valence-corrected chi connectivity index (χ4v) is 8.64. The summed E-state index contributed by atoms with van der Waals surface area (Å²) in [5.41, 5.74) is 8.05. The van der Waals surface area contributed by atoms with Crippen LogP contribution in [0, 0.1) is 45.3 Å². The van der Waals surface area contributed by atoms with Gasteiger partial charge < -0.3 is 9.13 Å². The monoisotopic (exact) mass is 804 g/mol. The molecule has 2 aromatic heterocycles. The summed E-state index contributed by atoms with van der Waals surface area (Å²) < 4.78 is 47.7. The third kappa shape index (κ3) is 6.09. The van der Waals surface area contributed by atoms with Crippen molar-refractivity contribution >= 4 is 43.6 Å². The van der Waals surface area contributed by atoms with E-state index in [4.69, 9.17) is 0 Å². The summed E-state index contributed by atoms with van der Waals surface area (Å²) in [6, 6.07) is 57.5. The molecule has 0 aliphatic carbocycles. The molecule has 8 aromatic carbocycles. The number of hydrogen-bond donors (Lipinski definition) is 0. The fraction of sp³-hybridized carbons (Fsp3) is 0.0189. The van der Waals surface area contributed by atoms with Gasteiger partial charge in [0.15, 0.2) is 0 Å². The average molecular weight is 805 g/mol. The Morgan fingerprint density at radius 3 is 1.37 bits per heavy atom. The predicted octanol–water partition coefficient (Wildman–Crippen LogP) is 13.4. The number of nitrogens with zero attached hydrogens (tertiary/aromatic N) is 6. The minimum Gasteiger partial charge on any atom is -0.309 e. The van der Waals surface area contributed by atoms with E-state index in [1.54, 1.807) is 24.3 Å². The van der Waals surface area contributed by atoms with E-state index in [1.165, 1.54) is 6.07 Å². The van der Waals surface area contributed by atoms with Gasteiger partial charge in [-0.2, -0.15) is 34.2 Å². The van der Waals surface area contributed by atoms with Crippen LogP contribution in [-0.2, 0) is 6.18 Å². The third-order valence-electron chi connectivity index (χ3n) is 11.4. The number of halogens is 3. The molecule has 10 aromatic rings. The standard InChI is InChI=1S/C53H27F3N6/c54-53(55,56)41-22-34(30-59)21-39(23-41)44-27-51(61-47-13-3-1-11-42(47)45-24-37(15-17-49(45)61)35-9-5-7-32(19-35)28-57)40(31-60)26-52(44)62-48-14-4-2-12-43(48)46-25-38(16-18-50(46)62)36-10-6-8-33(20-36)29-58/h1-27H. The van der Waals surface area contributed by atoms with Gasteiger partial charge in [0.1, 0.15) is 6.07 Å². The summed E-state index contributed by atoms with van der Waals surface area (Å²) in [6.45, 7) is 0. The van der Waals surface area contributed by atoms with Gasteiger partial charge in [0.25, 0.3) is 0 Å². The Kier molecular flexibility index (Phi) is 8.70. The zero-order valence-corrected chi connectivity index (χ0v) is 32.4. The number of para-hydroxylation sites is 2. The van der Waals surface area contributed by atoms with Gasteiger partial charge in [-0.3, -0.25) is 0 Å². The van der Waals surface area contributed by atoms with Gasteiger partial charge in [-0.15, -0.1) is 0 Å². The lowest BCUT2D eigenvalue weighted by Crippen LogP contribution is -2.07. The van der Waals surface area contributed by atoms with Gasteiger partial charge in [0, 0.05) is 27.1 Å². The lowest BCUT2D eigenvalue weighted by Gasteiger charge is -2.20. The summed E-state index contributed by atoms with van der Waals surface area (Å²) in [5, 5.41) is 43.7. The minimum atomic E-state index is -4.75. The Balaban J connectivity index is 1.29. The van der Waals surface area contributed by atoms with E-state index in [0.717, 1.165) is 78.0 Å². The number of alkyl halides is 3. The molecule has 0 aliphatic heterocycles. The largest absolute Gasteiger partial charge is 0.416 e. The van der Waals surface area contributed by atoms with Gasteiger partial charge in [-0.25, -0.2) is 0 Å². The molecule has 0 aliphatic rings. The van der Waals surface area contributed by atoms with Gasteiger partial charge in [-0.05, 0) is 119 Å².